The fraction of sp³-hybridized carbons (Fsp3) is 0.542. The number of nitrogens with one attached hydrogen (secondary N) is 1. The summed E-state index contributed by atoms with van der Waals surface area (Å²) in [7, 11) is 1.62. The van der Waals surface area contributed by atoms with E-state index in [-0.39, 0.29) is 24.3 Å². The van der Waals surface area contributed by atoms with Crippen LogP contribution >= 0.6 is 22.9 Å². The van der Waals surface area contributed by atoms with Gasteiger partial charge >= 0.3 is 0 Å². The van der Waals surface area contributed by atoms with Gasteiger partial charge in [0.2, 0.25) is 5.91 Å². The second kappa shape index (κ2) is 13.7. The van der Waals surface area contributed by atoms with Crippen molar-refractivity contribution in [3.05, 3.63) is 50.4 Å². The summed E-state index contributed by atoms with van der Waals surface area (Å²) in [5, 5.41) is 6.33. The zero-order chi connectivity index (χ0) is 24.3. The zero-order valence-corrected chi connectivity index (χ0v) is 21.3. The minimum atomic E-state index is -0.199. The van der Waals surface area contributed by atoms with Crippen molar-refractivity contribution < 1.29 is 23.8 Å². The van der Waals surface area contributed by atoms with Gasteiger partial charge in [0.25, 0.3) is 5.91 Å². The second-order valence-electron chi connectivity index (χ2n) is 8.15. The number of halogens is 1. The Morgan fingerprint density at radius 3 is 2.65 bits per heavy atom. The summed E-state index contributed by atoms with van der Waals surface area (Å²) in [6.07, 6.45) is 1.64. The third-order valence-electron chi connectivity index (χ3n) is 5.67. The van der Waals surface area contributed by atoms with E-state index < -0.39 is 0 Å². The first-order valence-corrected chi connectivity index (χ1v) is 12.6. The van der Waals surface area contributed by atoms with Gasteiger partial charge in [-0.1, -0.05) is 23.7 Å². The number of nitrogens with zero attached hydrogens (tertiary/aromatic N) is 2. The molecule has 0 radical (unpaired) electrons. The van der Waals surface area contributed by atoms with Crippen LogP contribution in [0.25, 0.3) is 0 Å². The molecule has 0 atom stereocenters. The van der Waals surface area contributed by atoms with Crippen molar-refractivity contribution in [2.24, 2.45) is 0 Å². The number of amides is 2. The lowest BCUT2D eigenvalue weighted by molar-refractivity contribution is -0.137. The molecule has 0 spiro atoms. The van der Waals surface area contributed by atoms with Gasteiger partial charge in [-0.15, -0.1) is 11.3 Å². The molecule has 2 aromatic rings. The quantitative estimate of drug-likeness (QED) is 0.441. The van der Waals surface area contributed by atoms with Gasteiger partial charge in [-0.2, -0.15) is 0 Å². The summed E-state index contributed by atoms with van der Waals surface area (Å²) in [4.78, 5) is 31.3. The lowest BCUT2D eigenvalue weighted by atomic mass is 9.97. The topological polar surface area (TPSA) is 90.0 Å². The molecular weight excluding hydrogens is 478 g/mol. The third-order valence-corrected chi connectivity index (χ3v) is 7.08. The summed E-state index contributed by atoms with van der Waals surface area (Å²) < 4.78 is 15.6. The summed E-state index contributed by atoms with van der Waals surface area (Å²) in [6.45, 7) is 5.60. The van der Waals surface area contributed by atoms with Crippen molar-refractivity contribution in [3.63, 3.8) is 0 Å². The summed E-state index contributed by atoms with van der Waals surface area (Å²) >= 11 is 7.66. The van der Waals surface area contributed by atoms with Crippen LogP contribution < -0.4 is 5.32 Å². The van der Waals surface area contributed by atoms with Gasteiger partial charge in [-0.05, 0) is 37.0 Å². The Morgan fingerprint density at radius 1 is 1.18 bits per heavy atom. The number of piperidine rings is 1. The highest BCUT2D eigenvalue weighted by atomic mass is 35.5. The lowest BCUT2D eigenvalue weighted by Gasteiger charge is -2.31. The van der Waals surface area contributed by atoms with Gasteiger partial charge in [0, 0.05) is 43.1 Å². The van der Waals surface area contributed by atoms with Gasteiger partial charge in [-0.3, -0.25) is 9.59 Å². The molecule has 1 aromatic heterocycles. The van der Waals surface area contributed by atoms with Crippen molar-refractivity contribution in [2.75, 3.05) is 53.2 Å². The van der Waals surface area contributed by atoms with E-state index in [0.29, 0.717) is 56.8 Å². The van der Waals surface area contributed by atoms with Crippen molar-refractivity contribution >= 4 is 34.8 Å². The highest BCUT2D eigenvalue weighted by molar-refractivity contribution is 7.09. The maximum Gasteiger partial charge on any atom is 0.271 e. The number of hydrogen-bond acceptors (Lipinski definition) is 7. The van der Waals surface area contributed by atoms with E-state index in [1.165, 1.54) is 11.3 Å². The number of likely N-dealkylation sites (tertiary alicyclic amines) is 1. The molecule has 1 aliphatic rings. The summed E-state index contributed by atoms with van der Waals surface area (Å²) in [5.74, 6) is 0.0440. The van der Waals surface area contributed by atoms with Crippen LogP contribution in [0.5, 0.6) is 0 Å². The Labute approximate surface area is 209 Å². The monoisotopic (exact) mass is 509 g/mol. The van der Waals surface area contributed by atoms with E-state index in [4.69, 9.17) is 25.8 Å². The summed E-state index contributed by atoms with van der Waals surface area (Å²) in [6, 6.07) is 5.75. The molecule has 34 heavy (non-hydrogen) atoms. The fourth-order valence-corrected chi connectivity index (χ4v) is 4.76. The van der Waals surface area contributed by atoms with Crippen LogP contribution in [-0.4, -0.2) is 74.9 Å². The fourth-order valence-electron chi connectivity index (χ4n) is 3.59. The Morgan fingerprint density at radius 2 is 1.91 bits per heavy atom. The molecule has 1 N–H and O–H groups in total. The number of carbonyl (C=O) groups excluding carboxylic acids is 2. The number of carbonyl (C=O) groups is 2. The molecule has 3 rings (SSSR count). The number of ether oxygens (including phenoxy) is 3. The van der Waals surface area contributed by atoms with E-state index >= 15 is 0 Å². The maximum atomic E-state index is 12.5. The zero-order valence-electron chi connectivity index (χ0n) is 19.7. The average molecular weight is 510 g/mol. The summed E-state index contributed by atoms with van der Waals surface area (Å²) in [5.41, 5.74) is 2.38. The number of thiazole rings is 1. The maximum absolute atomic E-state index is 12.5. The molecule has 1 saturated heterocycles. The molecular formula is C24H32ClN3O5S. The molecule has 0 unspecified atom stereocenters. The predicted molar refractivity (Wildman–Crippen MR) is 132 cm³/mol. The lowest BCUT2D eigenvalue weighted by Crippen LogP contribution is -2.40. The molecule has 0 aliphatic carbocycles. The predicted octanol–water partition coefficient (Wildman–Crippen LogP) is 3.42. The molecule has 2 heterocycles. The molecule has 2 amide bonds. The SMILES string of the molecule is COCCOCCOCC(=O)N1CCC(c2nc(C(=O)NCc3ccc(C)c(Cl)c3)cs2)CC1. The smallest absolute Gasteiger partial charge is 0.271 e. The Balaban J connectivity index is 1.38. The van der Waals surface area contributed by atoms with Crippen LogP contribution in [0.2, 0.25) is 5.02 Å². The minimum absolute atomic E-state index is 0.00856. The Hall–Kier alpha value is -2.04. The molecule has 10 heteroatoms. The molecule has 1 fully saturated rings. The van der Waals surface area contributed by atoms with Crippen LogP contribution in [0.15, 0.2) is 23.6 Å². The number of aryl methyl sites for hydroxylation is 1. The van der Waals surface area contributed by atoms with Gasteiger partial charge < -0.3 is 24.4 Å². The molecule has 1 aliphatic heterocycles. The van der Waals surface area contributed by atoms with Crippen LogP contribution in [0, 0.1) is 6.92 Å². The van der Waals surface area contributed by atoms with Gasteiger partial charge in [0.05, 0.1) is 31.4 Å². The van der Waals surface area contributed by atoms with Crippen molar-refractivity contribution in [1.82, 2.24) is 15.2 Å². The average Bonchev–Trinajstić information content (AvgIpc) is 3.34. The van der Waals surface area contributed by atoms with Crippen LogP contribution in [0.3, 0.4) is 0 Å². The van der Waals surface area contributed by atoms with Crippen molar-refractivity contribution in [3.8, 4) is 0 Å². The van der Waals surface area contributed by atoms with E-state index in [2.05, 4.69) is 10.3 Å². The van der Waals surface area contributed by atoms with E-state index in [0.717, 1.165) is 29.0 Å². The van der Waals surface area contributed by atoms with Crippen LogP contribution in [0.1, 0.15) is 45.4 Å². The second-order valence-corrected chi connectivity index (χ2v) is 9.45. The highest BCUT2D eigenvalue weighted by Crippen LogP contribution is 2.30. The third kappa shape index (κ3) is 8.02. The first-order valence-electron chi connectivity index (χ1n) is 11.4. The highest BCUT2D eigenvalue weighted by Gasteiger charge is 2.26. The standard InChI is InChI=1S/C24H32ClN3O5S/c1-17-3-4-18(13-20(17)25)14-26-23(30)21-16-34-24(27-21)19-5-7-28(8-6-19)22(29)15-33-12-11-32-10-9-31-2/h3-4,13,16,19H,5-12,14-15H2,1-2H3,(H,26,30). The first-order chi connectivity index (χ1) is 16.5. The number of methoxy groups -OCH3 is 1. The van der Waals surface area contributed by atoms with Crippen molar-refractivity contribution in [2.45, 2.75) is 32.2 Å². The van der Waals surface area contributed by atoms with E-state index in [1.54, 1.807) is 12.5 Å². The largest absolute Gasteiger partial charge is 0.382 e. The van der Waals surface area contributed by atoms with Crippen LogP contribution in [0.4, 0.5) is 0 Å². The number of benzene rings is 1. The number of hydrogen-bond donors (Lipinski definition) is 1. The normalized spacial score (nSPS) is 14.4. The first kappa shape index (κ1) is 26.6. The molecule has 186 valence electrons. The molecule has 8 nitrogen and oxygen atoms in total. The van der Waals surface area contributed by atoms with Gasteiger partial charge in [0.1, 0.15) is 12.3 Å². The number of rotatable bonds is 12. The van der Waals surface area contributed by atoms with E-state index in [1.807, 2.05) is 30.0 Å². The molecule has 0 saturated carbocycles. The molecule has 1 aromatic carbocycles. The number of aromatic nitrogens is 1. The van der Waals surface area contributed by atoms with Gasteiger partial charge in [0.15, 0.2) is 0 Å². The Bertz CT molecular complexity index is 946. The Kier molecular flexibility index (Phi) is 10.7. The molecule has 0 bridgehead atoms. The van der Waals surface area contributed by atoms with Gasteiger partial charge in [-0.25, -0.2) is 4.98 Å². The van der Waals surface area contributed by atoms with E-state index in [9.17, 15) is 9.59 Å². The minimum Gasteiger partial charge on any atom is -0.382 e. The van der Waals surface area contributed by atoms with Crippen LogP contribution in [-0.2, 0) is 25.5 Å². The van der Waals surface area contributed by atoms with Crippen molar-refractivity contribution in [1.29, 1.82) is 0 Å².